The van der Waals surface area contributed by atoms with Gasteiger partial charge in [-0.1, -0.05) is 65.1 Å². The average molecular weight is 516 g/mol. The first kappa shape index (κ1) is 23.6. The number of carbonyl (C=O) groups is 3. The zero-order valence-corrected chi connectivity index (χ0v) is 19.7. The van der Waals surface area contributed by atoms with Crippen molar-refractivity contribution < 1.29 is 14.4 Å². The van der Waals surface area contributed by atoms with Crippen molar-refractivity contribution in [3.63, 3.8) is 0 Å². The highest BCUT2D eigenvalue weighted by molar-refractivity contribution is 6.38. The molecule has 10 heteroatoms. The summed E-state index contributed by atoms with van der Waals surface area (Å²) < 4.78 is 1.23. The molecule has 0 unspecified atom stereocenters. The predicted octanol–water partition coefficient (Wildman–Crippen LogP) is 5.24. The van der Waals surface area contributed by atoms with Crippen molar-refractivity contribution in [3.05, 3.63) is 99.1 Å². The Morgan fingerprint density at radius 3 is 2.24 bits per heavy atom. The Kier molecular flexibility index (Phi) is 7.07. The van der Waals surface area contributed by atoms with Crippen LogP contribution in [-0.4, -0.2) is 22.4 Å². The molecule has 3 aromatic carbocycles. The SMILES string of the molecule is O=C(NCc1ccccc1)C(=O)Nn1c(C(=O)Nc2ccc(Cl)cc2Cl)cc2cc(Cl)ccc21. The number of nitrogens with one attached hydrogen (secondary N) is 3. The van der Waals surface area contributed by atoms with E-state index in [1.807, 2.05) is 30.3 Å². The first-order chi connectivity index (χ1) is 16.3. The molecule has 4 rings (SSSR count). The number of hydrogen-bond acceptors (Lipinski definition) is 3. The summed E-state index contributed by atoms with van der Waals surface area (Å²) in [5, 5.41) is 6.94. The fourth-order valence-corrected chi connectivity index (χ4v) is 3.90. The zero-order chi connectivity index (χ0) is 24.2. The highest BCUT2D eigenvalue weighted by Gasteiger charge is 2.21. The molecule has 0 radical (unpaired) electrons. The third-order valence-corrected chi connectivity index (χ3v) is 5.67. The van der Waals surface area contributed by atoms with Crippen LogP contribution in [0.3, 0.4) is 0 Å². The van der Waals surface area contributed by atoms with Gasteiger partial charge in [0.1, 0.15) is 5.69 Å². The molecule has 0 saturated carbocycles. The molecule has 34 heavy (non-hydrogen) atoms. The van der Waals surface area contributed by atoms with Crippen molar-refractivity contribution in [2.75, 3.05) is 10.7 Å². The Bertz CT molecular complexity index is 1400. The second-order valence-electron chi connectivity index (χ2n) is 7.26. The molecule has 0 aliphatic heterocycles. The van der Waals surface area contributed by atoms with E-state index in [0.717, 1.165) is 5.56 Å². The van der Waals surface area contributed by atoms with E-state index in [0.29, 0.717) is 26.6 Å². The lowest BCUT2D eigenvalue weighted by Crippen LogP contribution is -2.39. The number of rotatable bonds is 5. The Balaban J connectivity index is 1.59. The standard InChI is InChI=1S/C24H17Cl3N4O3/c25-16-7-9-20-15(10-16)11-21(22(32)29-19-8-6-17(26)12-18(19)27)31(20)30-24(34)23(33)28-13-14-4-2-1-3-5-14/h1-12H,13H2,(H,28,33)(H,29,32)(H,30,34). The maximum Gasteiger partial charge on any atom is 0.328 e. The number of nitrogens with zero attached hydrogens (tertiary/aromatic N) is 1. The quantitative estimate of drug-likeness (QED) is 0.317. The van der Waals surface area contributed by atoms with Crippen LogP contribution in [0, 0.1) is 0 Å². The van der Waals surface area contributed by atoms with Crippen molar-refractivity contribution >= 4 is 69.1 Å². The van der Waals surface area contributed by atoms with E-state index >= 15 is 0 Å². The van der Waals surface area contributed by atoms with E-state index < -0.39 is 17.7 Å². The van der Waals surface area contributed by atoms with Crippen molar-refractivity contribution in [2.45, 2.75) is 6.54 Å². The van der Waals surface area contributed by atoms with E-state index in [-0.39, 0.29) is 17.3 Å². The monoisotopic (exact) mass is 514 g/mol. The summed E-state index contributed by atoms with van der Waals surface area (Å²) >= 11 is 18.2. The lowest BCUT2D eigenvalue weighted by atomic mass is 10.2. The molecular formula is C24H17Cl3N4O3. The highest BCUT2D eigenvalue weighted by atomic mass is 35.5. The van der Waals surface area contributed by atoms with Gasteiger partial charge in [0, 0.05) is 22.0 Å². The van der Waals surface area contributed by atoms with Gasteiger partial charge in [-0.15, -0.1) is 0 Å². The molecule has 0 saturated heterocycles. The van der Waals surface area contributed by atoms with Gasteiger partial charge in [-0.05, 0) is 48.0 Å². The summed E-state index contributed by atoms with van der Waals surface area (Å²) in [6.07, 6.45) is 0. The third kappa shape index (κ3) is 5.34. The molecule has 0 atom stereocenters. The number of benzene rings is 3. The molecule has 7 nitrogen and oxygen atoms in total. The minimum Gasteiger partial charge on any atom is -0.344 e. The minimum atomic E-state index is -0.943. The molecule has 0 aliphatic carbocycles. The lowest BCUT2D eigenvalue weighted by Gasteiger charge is -2.13. The average Bonchev–Trinajstić information content (AvgIpc) is 3.17. The molecule has 1 aromatic heterocycles. The van der Waals surface area contributed by atoms with Gasteiger partial charge in [-0.3, -0.25) is 19.8 Å². The number of amides is 3. The van der Waals surface area contributed by atoms with Crippen LogP contribution < -0.4 is 16.1 Å². The smallest absolute Gasteiger partial charge is 0.328 e. The Morgan fingerprint density at radius 1 is 0.794 bits per heavy atom. The van der Waals surface area contributed by atoms with E-state index in [1.165, 1.54) is 10.7 Å². The largest absolute Gasteiger partial charge is 0.344 e. The summed E-state index contributed by atoms with van der Waals surface area (Å²) in [6.45, 7) is 0.178. The van der Waals surface area contributed by atoms with Crippen LogP contribution in [-0.2, 0) is 16.1 Å². The van der Waals surface area contributed by atoms with Gasteiger partial charge in [0.05, 0.1) is 16.2 Å². The summed E-state index contributed by atoms with van der Waals surface area (Å²) in [4.78, 5) is 38.1. The summed E-state index contributed by atoms with van der Waals surface area (Å²) in [5.41, 5.74) is 4.19. The second-order valence-corrected chi connectivity index (χ2v) is 8.54. The fraction of sp³-hybridized carbons (Fsp3) is 0.0417. The van der Waals surface area contributed by atoms with Gasteiger partial charge in [0.2, 0.25) is 0 Å². The van der Waals surface area contributed by atoms with Gasteiger partial charge >= 0.3 is 11.8 Å². The maximum atomic E-state index is 13.1. The van der Waals surface area contributed by atoms with Crippen LogP contribution in [0.2, 0.25) is 15.1 Å². The fourth-order valence-electron chi connectivity index (χ4n) is 3.26. The van der Waals surface area contributed by atoms with Crippen LogP contribution in [0.1, 0.15) is 16.1 Å². The minimum absolute atomic E-state index is 0.0625. The highest BCUT2D eigenvalue weighted by Crippen LogP contribution is 2.27. The first-order valence-electron chi connectivity index (χ1n) is 10.0. The molecular weight excluding hydrogens is 499 g/mol. The molecule has 172 valence electrons. The summed E-state index contributed by atoms with van der Waals surface area (Å²) in [6, 6.07) is 20.2. The maximum absolute atomic E-state index is 13.1. The van der Waals surface area contributed by atoms with Gasteiger partial charge in [0.15, 0.2) is 0 Å². The number of anilines is 1. The van der Waals surface area contributed by atoms with Gasteiger partial charge < -0.3 is 10.6 Å². The molecule has 3 amide bonds. The van der Waals surface area contributed by atoms with Gasteiger partial charge in [-0.25, -0.2) is 4.68 Å². The number of fused-ring (bicyclic) bond motifs is 1. The van der Waals surface area contributed by atoms with Crippen LogP contribution in [0.4, 0.5) is 5.69 Å². The van der Waals surface area contributed by atoms with Crippen molar-refractivity contribution in [1.82, 2.24) is 9.99 Å². The molecule has 0 bridgehead atoms. The zero-order valence-electron chi connectivity index (χ0n) is 17.4. The summed E-state index contributed by atoms with van der Waals surface area (Å²) in [7, 11) is 0. The Hall–Kier alpha value is -3.52. The van der Waals surface area contributed by atoms with Gasteiger partial charge in [-0.2, -0.15) is 0 Å². The van der Waals surface area contributed by atoms with Crippen LogP contribution in [0.5, 0.6) is 0 Å². The van der Waals surface area contributed by atoms with E-state index in [1.54, 1.807) is 36.4 Å². The van der Waals surface area contributed by atoms with E-state index in [4.69, 9.17) is 34.8 Å². The Morgan fingerprint density at radius 2 is 1.50 bits per heavy atom. The first-order valence-corrected chi connectivity index (χ1v) is 11.2. The lowest BCUT2D eigenvalue weighted by molar-refractivity contribution is -0.136. The van der Waals surface area contributed by atoms with E-state index in [9.17, 15) is 14.4 Å². The molecule has 4 aromatic rings. The normalized spacial score (nSPS) is 10.7. The number of aromatic nitrogens is 1. The van der Waals surface area contributed by atoms with Crippen molar-refractivity contribution in [3.8, 4) is 0 Å². The molecule has 0 fully saturated rings. The molecule has 1 heterocycles. The topological polar surface area (TPSA) is 92.2 Å². The molecule has 0 spiro atoms. The van der Waals surface area contributed by atoms with Crippen LogP contribution >= 0.6 is 34.8 Å². The predicted molar refractivity (Wildman–Crippen MR) is 134 cm³/mol. The number of carbonyl (C=O) groups excluding carboxylic acids is 3. The summed E-state index contributed by atoms with van der Waals surface area (Å²) in [5.74, 6) is -2.37. The third-order valence-electron chi connectivity index (χ3n) is 4.89. The molecule has 0 aliphatic rings. The number of hydrogen-bond donors (Lipinski definition) is 3. The van der Waals surface area contributed by atoms with Gasteiger partial charge in [0.25, 0.3) is 5.91 Å². The van der Waals surface area contributed by atoms with E-state index in [2.05, 4.69) is 16.1 Å². The second kappa shape index (κ2) is 10.2. The van der Waals surface area contributed by atoms with Crippen molar-refractivity contribution in [1.29, 1.82) is 0 Å². The van der Waals surface area contributed by atoms with Crippen molar-refractivity contribution in [2.24, 2.45) is 0 Å². The molecule has 3 N–H and O–H groups in total. The Labute approximate surface area is 209 Å². The van der Waals surface area contributed by atoms with Crippen LogP contribution in [0.25, 0.3) is 10.9 Å². The number of halogens is 3. The van der Waals surface area contributed by atoms with Crippen LogP contribution in [0.15, 0.2) is 72.8 Å².